The first-order valence-corrected chi connectivity index (χ1v) is 7.61. The standard InChI is InChI=1S/C17H26N2O/c1-12(2)11-19(13(3)4)17(20)15-9-14-7-5-6-8-16(14)18-10-15/h5-8,12-13,15,18H,9-11H2,1-4H3. The molecule has 0 spiro atoms. The second-order valence-corrected chi connectivity index (χ2v) is 6.42. The molecule has 20 heavy (non-hydrogen) atoms. The van der Waals surface area contributed by atoms with E-state index in [2.05, 4.69) is 45.1 Å². The van der Waals surface area contributed by atoms with Crippen LogP contribution in [0, 0.1) is 11.8 Å². The highest BCUT2D eigenvalue weighted by molar-refractivity contribution is 5.81. The van der Waals surface area contributed by atoms with Gasteiger partial charge in [0, 0.05) is 24.8 Å². The summed E-state index contributed by atoms with van der Waals surface area (Å²) in [6, 6.07) is 8.55. The van der Waals surface area contributed by atoms with E-state index in [9.17, 15) is 4.79 Å². The van der Waals surface area contributed by atoms with Gasteiger partial charge in [-0.15, -0.1) is 0 Å². The molecule has 1 aliphatic rings. The molecule has 1 heterocycles. The van der Waals surface area contributed by atoms with Gasteiger partial charge in [0.15, 0.2) is 0 Å². The average molecular weight is 274 g/mol. The van der Waals surface area contributed by atoms with Crippen LogP contribution in [0.4, 0.5) is 5.69 Å². The van der Waals surface area contributed by atoms with E-state index in [1.807, 2.05) is 17.0 Å². The maximum absolute atomic E-state index is 12.8. The molecule has 2 rings (SSSR count). The van der Waals surface area contributed by atoms with Crippen LogP contribution in [0.5, 0.6) is 0 Å². The fourth-order valence-corrected chi connectivity index (χ4v) is 2.80. The summed E-state index contributed by atoms with van der Waals surface area (Å²) in [5, 5.41) is 3.39. The number of carbonyl (C=O) groups is 1. The predicted octanol–water partition coefficient (Wildman–Crippen LogP) is 3.16. The molecule has 3 nitrogen and oxygen atoms in total. The Hall–Kier alpha value is -1.51. The van der Waals surface area contributed by atoms with Gasteiger partial charge in [-0.3, -0.25) is 4.79 Å². The molecule has 1 atom stereocenters. The molecule has 0 fully saturated rings. The number of hydrogen-bond donors (Lipinski definition) is 1. The average Bonchev–Trinajstić information content (AvgIpc) is 2.43. The van der Waals surface area contributed by atoms with Crippen LogP contribution in [-0.2, 0) is 11.2 Å². The Labute approximate surface area is 122 Å². The van der Waals surface area contributed by atoms with Crippen LogP contribution >= 0.6 is 0 Å². The smallest absolute Gasteiger partial charge is 0.228 e. The molecule has 1 aromatic rings. The third-order valence-electron chi connectivity index (χ3n) is 3.84. The fourth-order valence-electron chi connectivity index (χ4n) is 2.80. The highest BCUT2D eigenvalue weighted by Crippen LogP contribution is 2.26. The minimum absolute atomic E-state index is 0.0612. The zero-order valence-electron chi connectivity index (χ0n) is 13.0. The Morgan fingerprint density at radius 3 is 2.65 bits per heavy atom. The Balaban J connectivity index is 2.10. The van der Waals surface area contributed by atoms with Gasteiger partial charge in [0.2, 0.25) is 5.91 Å². The van der Waals surface area contributed by atoms with Gasteiger partial charge in [-0.1, -0.05) is 32.0 Å². The van der Waals surface area contributed by atoms with Crippen LogP contribution in [0.3, 0.4) is 0 Å². The summed E-state index contributed by atoms with van der Waals surface area (Å²) in [6.45, 7) is 10.1. The molecule has 0 saturated carbocycles. The lowest BCUT2D eigenvalue weighted by Crippen LogP contribution is -2.46. The molecule has 1 unspecified atom stereocenters. The number of anilines is 1. The number of benzene rings is 1. The molecule has 0 radical (unpaired) electrons. The minimum Gasteiger partial charge on any atom is -0.384 e. The summed E-state index contributed by atoms with van der Waals surface area (Å²) in [7, 11) is 0. The van der Waals surface area contributed by atoms with Crippen molar-refractivity contribution in [3.05, 3.63) is 29.8 Å². The molecule has 1 N–H and O–H groups in total. The normalized spacial score (nSPS) is 17.8. The second-order valence-electron chi connectivity index (χ2n) is 6.42. The Bertz CT molecular complexity index is 468. The van der Waals surface area contributed by atoms with Gasteiger partial charge in [0.1, 0.15) is 0 Å². The molecule has 0 saturated heterocycles. The van der Waals surface area contributed by atoms with Crippen LogP contribution in [0.1, 0.15) is 33.3 Å². The molecule has 1 amide bonds. The van der Waals surface area contributed by atoms with Gasteiger partial charge in [0.05, 0.1) is 5.92 Å². The van der Waals surface area contributed by atoms with Crippen molar-refractivity contribution >= 4 is 11.6 Å². The number of nitrogens with one attached hydrogen (secondary N) is 1. The fraction of sp³-hybridized carbons (Fsp3) is 0.588. The van der Waals surface area contributed by atoms with E-state index >= 15 is 0 Å². The largest absolute Gasteiger partial charge is 0.384 e. The number of fused-ring (bicyclic) bond motifs is 1. The van der Waals surface area contributed by atoms with Crippen molar-refractivity contribution < 1.29 is 4.79 Å². The second kappa shape index (κ2) is 6.29. The molecular formula is C17H26N2O. The maximum Gasteiger partial charge on any atom is 0.228 e. The lowest BCUT2D eigenvalue weighted by Gasteiger charge is -2.34. The molecule has 0 bridgehead atoms. The summed E-state index contributed by atoms with van der Waals surface area (Å²) in [4.78, 5) is 14.8. The lowest BCUT2D eigenvalue weighted by molar-refractivity contribution is -0.137. The van der Waals surface area contributed by atoms with E-state index < -0.39 is 0 Å². The SMILES string of the molecule is CC(C)CN(C(=O)C1CNc2ccccc2C1)C(C)C. The van der Waals surface area contributed by atoms with Crippen molar-refractivity contribution in [2.45, 2.75) is 40.2 Å². The molecule has 3 heteroatoms. The molecule has 1 aliphatic heterocycles. The van der Waals surface area contributed by atoms with Crippen molar-refractivity contribution in [1.29, 1.82) is 0 Å². The molecule has 0 aliphatic carbocycles. The topological polar surface area (TPSA) is 32.3 Å². The van der Waals surface area contributed by atoms with Crippen molar-refractivity contribution in [1.82, 2.24) is 4.90 Å². The number of nitrogens with zero attached hydrogens (tertiary/aromatic N) is 1. The summed E-state index contributed by atoms with van der Waals surface area (Å²) >= 11 is 0. The monoisotopic (exact) mass is 274 g/mol. The van der Waals surface area contributed by atoms with E-state index in [4.69, 9.17) is 0 Å². The van der Waals surface area contributed by atoms with E-state index in [0.717, 1.165) is 19.5 Å². The number of hydrogen-bond acceptors (Lipinski definition) is 2. The summed E-state index contributed by atoms with van der Waals surface area (Å²) in [5.74, 6) is 0.854. The van der Waals surface area contributed by atoms with Crippen molar-refractivity contribution in [3.63, 3.8) is 0 Å². The van der Waals surface area contributed by atoms with Crippen LogP contribution in [0.2, 0.25) is 0 Å². The van der Waals surface area contributed by atoms with Gasteiger partial charge in [-0.2, -0.15) is 0 Å². The maximum atomic E-state index is 12.8. The van der Waals surface area contributed by atoms with E-state index in [0.29, 0.717) is 5.92 Å². The van der Waals surface area contributed by atoms with E-state index in [1.165, 1.54) is 11.3 Å². The number of para-hydroxylation sites is 1. The first-order chi connectivity index (χ1) is 9.49. The molecule has 0 aromatic heterocycles. The highest BCUT2D eigenvalue weighted by atomic mass is 16.2. The van der Waals surface area contributed by atoms with Crippen molar-refractivity contribution in [3.8, 4) is 0 Å². The van der Waals surface area contributed by atoms with Gasteiger partial charge in [-0.25, -0.2) is 0 Å². The number of amides is 1. The van der Waals surface area contributed by atoms with Gasteiger partial charge in [0.25, 0.3) is 0 Å². The summed E-state index contributed by atoms with van der Waals surface area (Å²) in [5.41, 5.74) is 2.43. The molecular weight excluding hydrogens is 248 g/mol. The zero-order chi connectivity index (χ0) is 14.7. The van der Waals surface area contributed by atoms with Gasteiger partial charge in [-0.05, 0) is 37.8 Å². The summed E-state index contributed by atoms with van der Waals surface area (Å²) in [6.07, 6.45) is 0.851. The Kier molecular flexibility index (Phi) is 4.69. The Morgan fingerprint density at radius 2 is 2.00 bits per heavy atom. The summed E-state index contributed by atoms with van der Waals surface area (Å²) < 4.78 is 0. The third-order valence-corrected chi connectivity index (χ3v) is 3.84. The van der Waals surface area contributed by atoms with Crippen molar-refractivity contribution in [2.75, 3.05) is 18.4 Å². The minimum atomic E-state index is 0.0612. The zero-order valence-corrected chi connectivity index (χ0v) is 13.0. The van der Waals surface area contributed by atoms with Crippen LogP contribution in [0.15, 0.2) is 24.3 Å². The number of rotatable bonds is 4. The predicted molar refractivity (Wildman–Crippen MR) is 83.8 cm³/mol. The van der Waals surface area contributed by atoms with Crippen LogP contribution in [-0.4, -0.2) is 29.9 Å². The highest BCUT2D eigenvalue weighted by Gasteiger charge is 2.29. The van der Waals surface area contributed by atoms with E-state index in [1.54, 1.807) is 0 Å². The van der Waals surface area contributed by atoms with Crippen LogP contribution in [0.25, 0.3) is 0 Å². The first kappa shape index (κ1) is 14.9. The quantitative estimate of drug-likeness (QED) is 0.914. The number of carbonyl (C=O) groups excluding carboxylic acids is 1. The van der Waals surface area contributed by atoms with E-state index in [-0.39, 0.29) is 17.9 Å². The molecule has 1 aromatic carbocycles. The lowest BCUT2D eigenvalue weighted by atomic mass is 9.92. The molecule has 110 valence electrons. The van der Waals surface area contributed by atoms with Gasteiger partial charge < -0.3 is 10.2 Å². The third kappa shape index (κ3) is 3.33. The van der Waals surface area contributed by atoms with Crippen LogP contribution < -0.4 is 5.32 Å². The van der Waals surface area contributed by atoms with Gasteiger partial charge >= 0.3 is 0 Å². The Morgan fingerprint density at radius 1 is 1.30 bits per heavy atom. The first-order valence-electron chi connectivity index (χ1n) is 7.61. The van der Waals surface area contributed by atoms with Crippen molar-refractivity contribution in [2.24, 2.45) is 11.8 Å².